The first-order chi connectivity index (χ1) is 8.90. The summed E-state index contributed by atoms with van der Waals surface area (Å²) in [5.74, 6) is 0. The van der Waals surface area contributed by atoms with Crippen molar-refractivity contribution in [3.8, 4) is 0 Å². The topological polar surface area (TPSA) is 29.5 Å². The molecule has 0 saturated carbocycles. The van der Waals surface area contributed by atoms with Gasteiger partial charge in [0.15, 0.2) is 0 Å². The minimum atomic E-state index is -0.447. The van der Waals surface area contributed by atoms with Gasteiger partial charge in [0.1, 0.15) is 5.60 Å². The second-order valence-corrected chi connectivity index (χ2v) is 6.05. The van der Waals surface area contributed by atoms with Crippen molar-refractivity contribution in [3.63, 3.8) is 0 Å². The van der Waals surface area contributed by atoms with Crippen LogP contribution >= 0.6 is 0 Å². The Kier molecular flexibility index (Phi) is 3.83. The van der Waals surface area contributed by atoms with Crippen LogP contribution in [0.3, 0.4) is 0 Å². The molecule has 0 N–H and O–H groups in total. The lowest BCUT2D eigenvalue weighted by Gasteiger charge is -2.32. The summed E-state index contributed by atoms with van der Waals surface area (Å²) in [5.41, 5.74) is 3.08. The maximum atomic E-state index is 12.3. The minimum absolute atomic E-state index is 0.235. The molecule has 0 unspecified atom stereocenters. The second kappa shape index (κ2) is 5.24. The molecule has 1 aliphatic heterocycles. The SMILES string of the molecule is CCc1ccc2c(c1)N(C(=O)OC(C)(C)C)CCC2. The van der Waals surface area contributed by atoms with Crippen molar-refractivity contribution < 1.29 is 9.53 Å². The van der Waals surface area contributed by atoms with Crippen molar-refractivity contribution in [2.75, 3.05) is 11.4 Å². The fraction of sp³-hybridized carbons (Fsp3) is 0.562. The molecule has 0 atom stereocenters. The van der Waals surface area contributed by atoms with Crippen LogP contribution in [0, 0.1) is 0 Å². The van der Waals surface area contributed by atoms with E-state index in [9.17, 15) is 4.79 Å². The molecule has 19 heavy (non-hydrogen) atoms. The fourth-order valence-electron chi connectivity index (χ4n) is 2.35. The Bertz CT molecular complexity index is 474. The van der Waals surface area contributed by atoms with Crippen LogP contribution in [0.2, 0.25) is 0 Å². The highest BCUT2D eigenvalue weighted by molar-refractivity contribution is 5.89. The third-order valence-electron chi connectivity index (χ3n) is 3.29. The molecule has 1 aromatic rings. The molecule has 1 amide bonds. The summed E-state index contributed by atoms with van der Waals surface area (Å²) in [7, 11) is 0. The highest BCUT2D eigenvalue weighted by Crippen LogP contribution is 2.29. The molecule has 0 bridgehead atoms. The third-order valence-corrected chi connectivity index (χ3v) is 3.29. The van der Waals surface area contributed by atoms with Crippen molar-refractivity contribution in [1.29, 1.82) is 0 Å². The molecular formula is C16H23NO2. The lowest BCUT2D eigenvalue weighted by Crippen LogP contribution is -2.39. The molecular weight excluding hydrogens is 238 g/mol. The molecule has 3 nitrogen and oxygen atoms in total. The molecule has 104 valence electrons. The first kappa shape index (κ1) is 13.9. The van der Waals surface area contributed by atoms with Crippen molar-refractivity contribution in [2.45, 2.75) is 52.6 Å². The number of benzene rings is 1. The standard InChI is InChI=1S/C16H23NO2/c1-5-12-8-9-13-7-6-10-17(14(13)11-12)15(18)19-16(2,3)4/h8-9,11H,5-7,10H2,1-4H3. The van der Waals surface area contributed by atoms with Crippen LogP contribution in [0.25, 0.3) is 0 Å². The van der Waals surface area contributed by atoms with Crippen LogP contribution in [-0.4, -0.2) is 18.2 Å². The van der Waals surface area contributed by atoms with E-state index in [0.717, 1.165) is 31.5 Å². The van der Waals surface area contributed by atoms with Gasteiger partial charge >= 0.3 is 6.09 Å². The summed E-state index contributed by atoms with van der Waals surface area (Å²) < 4.78 is 5.49. The zero-order chi connectivity index (χ0) is 14.0. The maximum absolute atomic E-state index is 12.3. The van der Waals surface area contributed by atoms with Gasteiger partial charge in [-0.2, -0.15) is 0 Å². The van der Waals surface area contributed by atoms with Gasteiger partial charge in [-0.15, -0.1) is 0 Å². The summed E-state index contributed by atoms with van der Waals surface area (Å²) in [6.45, 7) is 8.58. The number of nitrogens with zero attached hydrogens (tertiary/aromatic N) is 1. The molecule has 1 heterocycles. The van der Waals surface area contributed by atoms with E-state index in [1.54, 1.807) is 4.90 Å². The Balaban J connectivity index is 2.28. The van der Waals surface area contributed by atoms with E-state index < -0.39 is 5.60 Å². The molecule has 3 heteroatoms. The van der Waals surface area contributed by atoms with Crippen LogP contribution in [0.4, 0.5) is 10.5 Å². The van der Waals surface area contributed by atoms with Crippen molar-refractivity contribution in [3.05, 3.63) is 29.3 Å². The number of hydrogen-bond acceptors (Lipinski definition) is 2. The smallest absolute Gasteiger partial charge is 0.414 e. The molecule has 0 radical (unpaired) electrons. The zero-order valence-corrected chi connectivity index (χ0v) is 12.3. The Morgan fingerprint density at radius 2 is 2.11 bits per heavy atom. The number of aryl methyl sites for hydroxylation is 2. The van der Waals surface area contributed by atoms with E-state index in [4.69, 9.17) is 4.74 Å². The minimum Gasteiger partial charge on any atom is -0.443 e. The molecule has 0 aliphatic carbocycles. The molecule has 1 aliphatic rings. The van der Waals surface area contributed by atoms with E-state index in [2.05, 4.69) is 25.1 Å². The van der Waals surface area contributed by atoms with Crippen molar-refractivity contribution in [2.24, 2.45) is 0 Å². The van der Waals surface area contributed by atoms with Crippen molar-refractivity contribution >= 4 is 11.8 Å². The Morgan fingerprint density at radius 3 is 2.74 bits per heavy atom. The maximum Gasteiger partial charge on any atom is 0.414 e. The average Bonchev–Trinajstić information content (AvgIpc) is 2.35. The van der Waals surface area contributed by atoms with E-state index in [1.165, 1.54) is 11.1 Å². The van der Waals surface area contributed by atoms with Crippen LogP contribution in [0.15, 0.2) is 18.2 Å². The van der Waals surface area contributed by atoms with Crippen LogP contribution < -0.4 is 4.90 Å². The molecule has 0 fully saturated rings. The summed E-state index contributed by atoms with van der Waals surface area (Å²) in [6.07, 6.45) is 2.79. The normalized spacial score (nSPS) is 15.1. The number of fused-ring (bicyclic) bond motifs is 1. The van der Waals surface area contributed by atoms with E-state index in [-0.39, 0.29) is 6.09 Å². The second-order valence-electron chi connectivity index (χ2n) is 6.05. The van der Waals surface area contributed by atoms with Crippen LogP contribution in [0.5, 0.6) is 0 Å². The summed E-state index contributed by atoms with van der Waals surface area (Å²) in [6, 6.07) is 6.42. The van der Waals surface area contributed by atoms with Crippen LogP contribution in [0.1, 0.15) is 45.2 Å². The Morgan fingerprint density at radius 1 is 1.37 bits per heavy atom. The summed E-state index contributed by atoms with van der Waals surface area (Å²) >= 11 is 0. The highest BCUT2D eigenvalue weighted by atomic mass is 16.6. The fourth-order valence-corrected chi connectivity index (χ4v) is 2.35. The van der Waals surface area contributed by atoms with Gasteiger partial charge in [-0.1, -0.05) is 19.1 Å². The van der Waals surface area contributed by atoms with Gasteiger partial charge in [-0.05, 0) is 57.2 Å². The summed E-state index contributed by atoms with van der Waals surface area (Å²) in [5, 5.41) is 0. The van der Waals surface area contributed by atoms with E-state index in [0.29, 0.717) is 0 Å². The lowest BCUT2D eigenvalue weighted by atomic mass is 9.99. The Hall–Kier alpha value is -1.51. The number of rotatable bonds is 1. The number of hydrogen-bond donors (Lipinski definition) is 0. The highest BCUT2D eigenvalue weighted by Gasteiger charge is 2.27. The molecule has 2 rings (SSSR count). The predicted molar refractivity (Wildman–Crippen MR) is 77.7 cm³/mol. The summed E-state index contributed by atoms with van der Waals surface area (Å²) in [4.78, 5) is 14.1. The number of amides is 1. The number of carbonyl (C=O) groups is 1. The Labute approximate surface area is 115 Å². The zero-order valence-electron chi connectivity index (χ0n) is 12.3. The largest absolute Gasteiger partial charge is 0.443 e. The van der Waals surface area contributed by atoms with Crippen molar-refractivity contribution in [1.82, 2.24) is 0 Å². The monoisotopic (exact) mass is 261 g/mol. The van der Waals surface area contributed by atoms with Gasteiger partial charge in [0.05, 0.1) is 5.69 Å². The molecule has 0 saturated heterocycles. The number of carbonyl (C=O) groups excluding carboxylic acids is 1. The first-order valence-electron chi connectivity index (χ1n) is 7.03. The van der Waals surface area contributed by atoms with Crippen LogP contribution in [-0.2, 0) is 17.6 Å². The van der Waals surface area contributed by atoms with E-state index in [1.807, 2.05) is 20.8 Å². The average molecular weight is 261 g/mol. The van der Waals surface area contributed by atoms with Gasteiger partial charge in [-0.25, -0.2) is 4.79 Å². The molecule has 0 aromatic heterocycles. The van der Waals surface area contributed by atoms with Gasteiger partial charge in [0, 0.05) is 6.54 Å². The number of anilines is 1. The molecule has 1 aromatic carbocycles. The predicted octanol–water partition coefficient (Wildman–Crippen LogP) is 3.94. The van der Waals surface area contributed by atoms with Gasteiger partial charge in [0.2, 0.25) is 0 Å². The molecule has 0 spiro atoms. The van der Waals surface area contributed by atoms with Gasteiger partial charge < -0.3 is 4.74 Å². The third kappa shape index (κ3) is 3.28. The lowest BCUT2D eigenvalue weighted by molar-refractivity contribution is 0.0578. The van der Waals surface area contributed by atoms with Gasteiger partial charge in [0.25, 0.3) is 0 Å². The van der Waals surface area contributed by atoms with E-state index >= 15 is 0 Å². The quantitative estimate of drug-likeness (QED) is 0.766. The first-order valence-corrected chi connectivity index (χ1v) is 7.03. The van der Waals surface area contributed by atoms with Gasteiger partial charge in [-0.3, -0.25) is 4.90 Å². The number of ether oxygens (including phenoxy) is 1.